The number of hydrogen-bond acceptors (Lipinski definition) is 4. The number of carbonyl (C=O) groups excluding carboxylic acids is 1. The molecule has 0 spiro atoms. The lowest BCUT2D eigenvalue weighted by Gasteiger charge is -2.31. The smallest absolute Gasteiger partial charge is 0.248 e. The molecule has 3 aromatic carbocycles. The van der Waals surface area contributed by atoms with Crippen molar-refractivity contribution in [1.29, 1.82) is 0 Å². The molecule has 1 N–H and O–H groups in total. The minimum Gasteiger partial charge on any atom is -0.493 e. The second-order valence-electron chi connectivity index (χ2n) is 9.64. The molecule has 4 rings (SSSR count). The Kier molecular flexibility index (Phi) is 10.4. The van der Waals surface area contributed by atoms with Crippen molar-refractivity contribution < 1.29 is 14.3 Å². The molecule has 1 fully saturated rings. The van der Waals surface area contributed by atoms with Gasteiger partial charge in [-0.05, 0) is 82.9 Å². The predicted molar refractivity (Wildman–Crippen MR) is 162 cm³/mol. The number of amides is 1. The summed E-state index contributed by atoms with van der Waals surface area (Å²) in [7, 11) is 3.79. The van der Waals surface area contributed by atoms with Crippen molar-refractivity contribution >= 4 is 49.5 Å². The Hall–Kier alpha value is -2.61. The SMILES string of the molecule is COc1cc(C=CC(=O)Nc2c(Br)cc(Br)cc2CN(C)C2CCCCC2)ccc1OCc1ccccc1. The molecule has 1 saturated carbocycles. The van der Waals surface area contributed by atoms with Crippen molar-refractivity contribution in [2.75, 3.05) is 19.5 Å². The third-order valence-electron chi connectivity index (χ3n) is 6.85. The van der Waals surface area contributed by atoms with Crippen LogP contribution in [0.1, 0.15) is 48.8 Å². The van der Waals surface area contributed by atoms with Crippen LogP contribution in [-0.4, -0.2) is 31.0 Å². The first-order valence-electron chi connectivity index (χ1n) is 12.9. The first-order valence-corrected chi connectivity index (χ1v) is 14.5. The third-order valence-corrected chi connectivity index (χ3v) is 7.94. The number of anilines is 1. The molecule has 1 amide bonds. The number of halogens is 2. The Morgan fingerprint density at radius 3 is 2.53 bits per heavy atom. The van der Waals surface area contributed by atoms with E-state index in [2.05, 4.69) is 55.2 Å². The fourth-order valence-electron chi connectivity index (χ4n) is 4.79. The molecule has 1 aliphatic carbocycles. The van der Waals surface area contributed by atoms with E-state index in [1.165, 1.54) is 32.1 Å². The summed E-state index contributed by atoms with van der Waals surface area (Å²) in [5.41, 5.74) is 3.80. The Labute approximate surface area is 242 Å². The topological polar surface area (TPSA) is 50.8 Å². The summed E-state index contributed by atoms with van der Waals surface area (Å²) in [6.07, 6.45) is 9.69. The number of rotatable bonds is 10. The highest BCUT2D eigenvalue weighted by molar-refractivity contribution is 9.11. The lowest BCUT2D eigenvalue weighted by molar-refractivity contribution is -0.111. The number of benzene rings is 3. The Morgan fingerprint density at radius 2 is 1.79 bits per heavy atom. The van der Waals surface area contributed by atoms with Gasteiger partial charge in [0.2, 0.25) is 5.91 Å². The van der Waals surface area contributed by atoms with E-state index in [1.807, 2.05) is 54.6 Å². The van der Waals surface area contributed by atoms with E-state index < -0.39 is 0 Å². The van der Waals surface area contributed by atoms with E-state index in [9.17, 15) is 4.79 Å². The van der Waals surface area contributed by atoms with Gasteiger partial charge in [-0.25, -0.2) is 0 Å². The average molecular weight is 642 g/mol. The van der Waals surface area contributed by atoms with E-state index in [1.54, 1.807) is 19.3 Å². The van der Waals surface area contributed by atoms with Gasteiger partial charge in [-0.3, -0.25) is 9.69 Å². The molecular formula is C31H34Br2N2O3. The minimum absolute atomic E-state index is 0.196. The predicted octanol–water partition coefficient (Wildman–Crippen LogP) is 8.22. The molecule has 3 aromatic rings. The highest BCUT2D eigenvalue weighted by Crippen LogP contribution is 2.33. The van der Waals surface area contributed by atoms with Crippen LogP contribution in [0.25, 0.3) is 6.08 Å². The molecule has 0 aliphatic heterocycles. The third kappa shape index (κ3) is 7.95. The lowest BCUT2D eigenvalue weighted by Crippen LogP contribution is -2.33. The van der Waals surface area contributed by atoms with Gasteiger partial charge in [0.05, 0.1) is 12.8 Å². The van der Waals surface area contributed by atoms with E-state index in [0.29, 0.717) is 24.1 Å². The summed E-state index contributed by atoms with van der Waals surface area (Å²) in [6.45, 7) is 1.22. The molecule has 0 bridgehead atoms. The van der Waals surface area contributed by atoms with Gasteiger partial charge >= 0.3 is 0 Å². The van der Waals surface area contributed by atoms with Gasteiger partial charge in [-0.15, -0.1) is 0 Å². The first kappa shape index (κ1) is 28.4. The quantitative estimate of drug-likeness (QED) is 0.227. The van der Waals surface area contributed by atoms with E-state index in [4.69, 9.17) is 9.47 Å². The normalized spacial score (nSPS) is 14.1. The Balaban J connectivity index is 1.42. The van der Waals surface area contributed by atoms with Crippen molar-refractivity contribution in [3.63, 3.8) is 0 Å². The molecule has 0 unspecified atom stereocenters. The first-order chi connectivity index (χ1) is 18.4. The van der Waals surface area contributed by atoms with Gasteiger partial charge < -0.3 is 14.8 Å². The van der Waals surface area contributed by atoms with Crippen LogP contribution in [0.2, 0.25) is 0 Å². The summed E-state index contributed by atoms with van der Waals surface area (Å²) < 4.78 is 13.3. The van der Waals surface area contributed by atoms with E-state index >= 15 is 0 Å². The maximum atomic E-state index is 12.9. The number of carbonyl (C=O) groups is 1. The van der Waals surface area contributed by atoms with E-state index in [-0.39, 0.29) is 5.91 Å². The van der Waals surface area contributed by atoms with Crippen LogP contribution >= 0.6 is 31.9 Å². The van der Waals surface area contributed by atoms with Crippen molar-refractivity contribution in [2.24, 2.45) is 0 Å². The molecule has 0 saturated heterocycles. The Morgan fingerprint density at radius 1 is 1.03 bits per heavy atom. The molecule has 38 heavy (non-hydrogen) atoms. The summed E-state index contributed by atoms with van der Waals surface area (Å²) in [5, 5.41) is 3.09. The number of ether oxygens (including phenoxy) is 2. The highest BCUT2D eigenvalue weighted by Gasteiger charge is 2.20. The fourth-order valence-corrected chi connectivity index (χ4v) is 6.20. The molecule has 0 heterocycles. The number of nitrogens with zero attached hydrogens (tertiary/aromatic N) is 1. The molecule has 0 radical (unpaired) electrons. The van der Waals surface area contributed by atoms with Gasteiger partial charge in [-0.2, -0.15) is 0 Å². The summed E-state index contributed by atoms with van der Waals surface area (Å²) >= 11 is 7.26. The van der Waals surface area contributed by atoms with Crippen molar-refractivity contribution in [3.8, 4) is 11.5 Å². The van der Waals surface area contributed by atoms with Gasteiger partial charge in [0.1, 0.15) is 6.61 Å². The molecule has 5 nitrogen and oxygen atoms in total. The highest BCUT2D eigenvalue weighted by atomic mass is 79.9. The minimum atomic E-state index is -0.196. The second-order valence-corrected chi connectivity index (χ2v) is 11.4. The van der Waals surface area contributed by atoms with Crippen LogP contribution in [0, 0.1) is 0 Å². The van der Waals surface area contributed by atoms with Crippen LogP contribution in [0.5, 0.6) is 11.5 Å². The molecule has 0 aromatic heterocycles. The zero-order valence-corrected chi connectivity index (χ0v) is 25.1. The second kappa shape index (κ2) is 14.0. The number of hydrogen-bond donors (Lipinski definition) is 1. The van der Waals surface area contributed by atoms with Crippen molar-refractivity contribution in [1.82, 2.24) is 4.90 Å². The zero-order chi connectivity index (χ0) is 26.9. The summed E-state index contributed by atoms with van der Waals surface area (Å²) in [4.78, 5) is 15.4. The molecule has 0 atom stereocenters. The number of nitrogens with one attached hydrogen (secondary N) is 1. The van der Waals surface area contributed by atoms with E-state index in [0.717, 1.165) is 37.9 Å². The Bertz CT molecular complexity index is 1260. The summed E-state index contributed by atoms with van der Waals surface area (Å²) in [5.74, 6) is 1.08. The largest absolute Gasteiger partial charge is 0.493 e. The monoisotopic (exact) mass is 640 g/mol. The fraction of sp³-hybridized carbons (Fsp3) is 0.323. The number of methoxy groups -OCH3 is 1. The van der Waals surface area contributed by atoms with Gasteiger partial charge in [0.25, 0.3) is 0 Å². The van der Waals surface area contributed by atoms with Gasteiger partial charge in [-0.1, -0.05) is 71.6 Å². The van der Waals surface area contributed by atoms with Crippen LogP contribution in [0.3, 0.4) is 0 Å². The maximum absolute atomic E-state index is 12.9. The van der Waals surface area contributed by atoms with Crippen molar-refractivity contribution in [3.05, 3.63) is 92.4 Å². The zero-order valence-electron chi connectivity index (χ0n) is 21.9. The standard InChI is InChI=1S/C31H34Br2N2O3/c1-35(26-11-7-4-8-12-26)20-24-18-25(32)19-27(33)31(24)34-30(36)16-14-22-13-15-28(29(17-22)37-2)38-21-23-9-5-3-6-10-23/h3,5-6,9-10,13-19,26H,4,7-8,11-12,20-21H2,1-2H3,(H,34,36). The molecule has 200 valence electrons. The van der Waals surface area contributed by atoms with Crippen LogP contribution in [-0.2, 0) is 17.9 Å². The van der Waals surface area contributed by atoms with Crippen LogP contribution in [0.4, 0.5) is 5.69 Å². The molecule has 7 heteroatoms. The maximum Gasteiger partial charge on any atom is 0.248 e. The van der Waals surface area contributed by atoms with Gasteiger partial charge in [0, 0.05) is 27.6 Å². The van der Waals surface area contributed by atoms with Crippen molar-refractivity contribution in [2.45, 2.75) is 51.3 Å². The van der Waals surface area contributed by atoms with Crippen LogP contribution < -0.4 is 14.8 Å². The van der Waals surface area contributed by atoms with Gasteiger partial charge in [0.15, 0.2) is 11.5 Å². The molecular weight excluding hydrogens is 608 g/mol. The lowest BCUT2D eigenvalue weighted by atomic mass is 9.94. The van der Waals surface area contributed by atoms with Crippen LogP contribution in [0.15, 0.2) is 75.7 Å². The molecule has 1 aliphatic rings. The average Bonchev–Trinajstić information content (AvgIpc) is 2.93. The summed E-state index contributed by atoms with van der Waals surface area (Å²) in [6, 6.07) is 20.3.